The van der Waals surface area contributed by atoms with Crippen LogP contribution in [0.4, 0.5) is 5.95 Å². The molecule has 0 aliphatic carbocycles. The Morgan fingerprint density at radius 1 is 1.27 bits per heavy atom. The van der Waals surface area contributed by atoms with Gasteiger partial charge in [-0.1, -0.05) is 6.07 Å². The molecule has 0 aromatic carbocycles. The lowest BCUT2D eigenvalue weighted by Gasteiger charge is -2.32. The average Bonchev–Trinajstić information content (AvgIpc) is 3.08. The van der Waals surface area contributed by atoms with Gasteiger partial charge in [0, 0.05) is 42.5 Å². The van der Waals surface area contributed by atoms with Gasteiger partial charge in [-0.2, -0.15) is 0 Å². The lowest BCUT2D eigenvalue weighted by Crippen LogP contribution is -2.44. The molecule has 5 nitrogen and oxygen atoms in total. The zero-order valence-electron chi connectivity index (χ0n) is 12.2. The van der Waals surface area contributed by atoms with Crippen LogP contribution in [-0.2, 0) is 4.79 Å². The number of anilines is 1. The minimum Gasteiger partial charge on any atom is -0.350 e. The van der Waals surface area contributed by atoms with E-state index >= 15 is 0 Å². The molecule has 0 saturated carbocycles. The second-order valence-electron chi connectivity index (χ2n) is 5.17. The largest absolute Gasteiger partial charge is 0.350 e. The van der Waals surface area contributed by atoms with Gasteiger partial charge in [0.25, 0.3) is 0 Å². The molecule has 1 aliphatic heterocycles. The summed E-state index contributed by atoms with van der Waals surface area (Å²) in [6.07, 6.45) is 8.80. The number of carbonyl (C=O) groups is 1. The van der Waals surface area contributed by atoms with Gasteiger partial charge in [-0.05, 0) is 36.4 Å². The number of hydrogen-bond acceptors (Lipinski definition) is 5. The van der Waals surface area contributed by atoms with Crippen LogP contribution in [0.3, 0.4) is 0 Å². The molecular weight excluding hydrogens is 296 g/mol. The van der Waals surface area contributed by atoms with Gasteiger partial charge in [0.2, 0.25) is 11.9 Å². The van der Waals surface area contributed by atoms with Crippen molar-refractivity contribution < 1.29 is 4.79 Å². The first-order valence-electron chi connectivity index (χ1n) is 7.35. The number of carbonyl (C=O) groups excluding carboxylic acids is 1. The van der Waals surface area contributed by atoms with E-state index in [0.29, 0.717) is 0 Å². The molecule has 0 bridgehead atoms. The molecule has 1 fully saturated rings. The van der Waals surface area contributed by atoms with Crippen molar-refractivity contribution in [3.05, 3.63) is 46.9 Å². The topological polar surface area (TPSA) is 58.1 Å². The van der Waals surface area contributed by atoms with Gasteiger partial charge in [-0.25, -0.2) is 9.97 Å². The van der Waals surface area contributed by atoms with E-state index in [4.69, 9.17) is 0 Å². The number of aromatic nitrogens is 2. The smallest absolute Gasteiger partial charge is 0.244 e. The van der Waals surface area contributed by atoms with Crippen LogP contribution >= 0.6 is 11.3 Å². The second-order valence-corrected chi connectivity index (χ2v) is 6.15. The van der Waals surface area contributed by atoms with Crippen LogP contribution < -0.4 is 10.2 Å². The molecule has 1 saturated heterocycles. The average molecular weight is 314 g/mol. The maximum absolute atomic E-state index is 11.9. The van der Waals surface area contributed by atoms with E-state index in [1.807, 2.05) is 29.7 Å². The molecule has 0 radical (unpaired) electrons. The highest BCUT2D eigenvalue weighted by Gasteiger charge is 2.21. The summed E-state index contributed by atoms with van der Waals surface area (Å²) in [7, 11) is 0. The number of hydrogen-bond donors (Lipinski definition) is 1. The maximum atomic E-state index is 11.9. The van der Waals surface area contributed by atoms with Crippen molar-refractivity contribution >= 4 is 29.3 Å². The van der Waals surface area contributed by atoms with Crippen LogP contribution in [0.1, 0.15) is 17.7 Å². The molecule has 1 N–H and O–H groups in total. The molecule has 2 aromatic rings. The van der Waals surface area contributed by atoms with Gasteiger partial charge in [-0.15, -0.1) is 11.3 Å². The third kappa shape index (κ3) is 3.92. The molecule has 1 amide bonds. The normalized spacial score (nSPS) is 16.1. The summed E-state index contributed by atoms with van der Waals surface area (Å²) in [5.74, 6) is 0.743. The van der Waals surface area contributed by atoms with Crippen molar-refractivity contribution in [1.82, 2.24) is 15.3 Å². The molecule has 1 aliphatic rings. The molecule has 22 heavy (non-hydrogen) atoms. The summed E-state index contributed by atoms with van der Waals surface area (Å²) in [4.78, 5) is 23.7. The third-order valence-electron chi connectivity index (χ3n) is 3.62. The van der Waals surface area contributed by atoms with Gasteiger partial charge in [-0.3, -0.25) is 4.79 Å². The third-order valence-corrected chi connectivity index (χ3v) is 4.46. The minimum atomic E-state index is -0.0252. The number of nitrogens with one attached hydrogen (secondary N) is 1. The summed E-state index contributed by atoms with van der Waals surface area (Å²) in [6.45, 7) is 1.73. The van der Waals surface area contributed by atoms with Gasteiger partial charge in [0.05, 0.1) is 0 Å². The summed E-state index contributed by atoms with van der Waals surface area (Å²) in [5.41, 5.74) is 0. The van der Waals surface area contributed by atoms with Crippen molar-refractivity contribution in [2.75, 3.05) is 18.0 Å². The van der Waals surface area contributed by atoms with Gasteiger partial charge >= 0.3 is 0 Å². The van der Waals surface area contributed by atoms with Gasteiger partial charge in [0.1, 0.15) is 0 Å². The number of thiophene rings is 1. The standard InChI is InChI=1S/C16H18N4OS/c21-15(5-4-14-3-1-12-22-14)19-13-6-10-20(11-7-13)16-17-8-2-9-18-16/h1-5,8-9,12-13H,6-7,10-11H2,(H,19,21)/b5-4-. The van der Waals surface area contributed by atoms with E-state index < -0.39 is 0 Å². The van der Waals surface area contributed by atoms with Crippen LogP contribution in [0.5, 0.6) is 0 Å². The van der Waals surface area contributed by atoms with Crippen LogP contribution in [0, 0.1) is 0 Å². The van der Waals surface area contributed by atoms with Crippen LogP contribution in [0.2, 0.25) is 0 Å². The number of nitrogens with zero attached hydrogens (tertiary/aromatic N) is 3. The van der Waals surface area contributed by atoms with Crippen molar-refractivity contribution in [3.63, 3.8) is 0 Å². The molecule has 6 heteroatoms. The Bertz CT molecular complexity index is 619. The zero-order valence-corrected chi connectivity index (χ0v) is 13.0. The molecule has 0 atom stereocenters. The zero-order chi connectivity index (χ0) is 15.2. The minimum absolute atomic E-state index is 0.0252. The van der Waals surface area contributed by atoms with E-state index in [1.165, 1.54) is 0 Å². The highest BCUT2D eigenvalue weighted by molar-refractivity contribution is 7.10. The Morgan fingerprint density at radius 2 is 2.05 bits per heavy atom. The SMILES string of the molecule is O=C(/C=C\c1cccs1)NC1CCN(c2ncccn2)CC1. The summed E-state index contributed by atoms with van der Waals surface area (Å²) in [5, 5.41) is 5.06. The highest BCUT2D eigenvalue weighted by atomic mass is 32.1. The Balaban J connectivity index is 1.47. The van der Waals surface area contributed by atoms with Crippen LogP contribution in [0.25, 0.3) is 6.08 Å². The Kier molecular flexibility index (Phi) is 4.80. The highest BCUT2D eigenvalue weighted by Crippen LogP contribution is 2.15. The fraction of sp³-hybridized carbons (Fsp3) is 0.312. The van der Waals surface area contributed by atoms with E-state index in [0.717, 1.165) is 36.8 Å². The Labute approximate surface area is 133 Å². The van der Waals surface area contributed by atoms with Gasteiger partial charge < -0.3 is 10.2 Å². The molecule has 0 spiro atoms. The first-order chi connectivity index (χ1) is 10.8. The van der Waals surface area contributed by atoms with E-state index in [1.54, 1.807) is 29.8 Å². The molecule has 2 aromatic heterocycles. The first-order valence-corrected chi connectivity index (χ1v) is 8.23. The number of rotatable bonds is 4. The molecular formula is C16H18N4OS. The van der Waals surface area contributed by atoms with E-state index in [9.17, 15) is 4.79 Å². The van der Waals surface area contributed by atoms with Crippen molar-refractivity contribution in [3.8, 4) is 0 Å². The lowest BCUT2D eigenvalue weighted by molar-refractivity contribution is -0.117. The molecule has 0 unspecified atom stereocenters. The second kappa shape index (κ2) is 7.17. The van der Waals surface area contributed by atoms with Crippen LogP contribution in [0.15, 0.2) is 42.0 Å². The maximum Gasteiger partial charge on any atom is 0.244 e. The summed E-state index contributed by atoms with van der Waals surface area (Å²) in [6, 6.07) is 6.01. The quantitative estimate of drug-likeness (QED) is 0.880. The Hall–Kier alpha value is -2.21. The summed E-state index contributed by atoms with van der Waals surface area (Å²) < 4.78 is 0. The summed E-state index contributed by atoms with van der Waals surface area (Å²) >= 11 is 1.62. The van der Waals surface area contributed by atoms with Crippen molar-refractivity contribution in [1.29, 1.82) is 0 Å². The van der Waals surface area contributed by atoms with Crippen molar-refractivity contribution in [2.24, 2.45) is 0 Å². The number of amides is 1. The van der Waals surface area contributed by atoms with Crippen LogP contribution in [-0.4, -0.2) is 35.0 Å². The number of piperidine rings is 1. The molecule has 114 valence electrons. The predicted molar refractivity (Wildman–Crippen MR) is 88.8 cm³/mol. The van der Waals surface area contributed by atoms with E-state index in [-0.39, 0.29) is 11.9 Å². The van der Waals surface area contributed by atoms with Gasteiger partial charge in [0.15, 0.2) is 0 Å². The van der Waals surface area contributed by atoms with E-state index in [2.05, 4.69) is 20.2 Å². The fourth-order valence-electron chi connectivity index (χ4n) is 2.47. The molecule has 3 rings (SSSR count). The fourth-order valence-corrected chi connectivity index (χ4v) is 3.09. The first kappa shape index (κ1) is 14.7. The monoisotopic (exact) mass is 314 g/mol. The molecule has 3 heterocycles. The van der Waals surface area contributed by atoms with Crippen molar-refractivity contribution in [2.45, 2.75) is 18.9 Å². The Morgan fingerprint density at radius 3 is 2.73 bits per heavy atom. The lowest BCUT2D eigenvalue weighted by atomic mass is 10.1. The predicted octanol–water partition coefficient (Wildman–Crippen LogP) is 2.34.